The van der Waals surface area contributed by atoms with Gasteiger partial charge in [-0.05, 0) is 19.9 Å². The van der Waals surface area contributed by atoms with Crippen molar-refractivity contribution in [3.63, 3.8) is 0 Å². The number of nitrogens with two attached hydrogens (primary N) is 2. The molecule has 1 amide bonds. The molecule has 0 spiro atoms. The van der Waals surface area contributed by atoms with Crippen LogP contribution in [0.2, 0.25) is 0 Å². The van der Waals surface area contributed by atoms with Crippen LogP contribution in [0.1, 0.15) is 20.3 Å². The molecule has 0 aliphatic carbocycles. The number of carbonyl (C=O) groups excluding carboxylic acids is 1. The molecular formula is C12H17N3O4. The molecule has 1 aromatic rings. The van der Waals surface area contributed by atoms with E-state index in [1.54, 1.807) is 13.0 Å². The van der Waals surface area contributed by atoms with Crippen molar-refractivity contribution in [2.45, 2.75) is 31.9 Å². The molecule has 0 bridgehead atoms. The zero-order valence-corrected chi connectivity index (χ0v) is 10.8. The number of hydrogen-bond donors (Lipinski definition) is 2. The summed E-state index contributed by atoms with van der Waals surface area (Å²) in [5.74, 6) is -0.274. The summed E-state index contributed by atoms with van der Waals surface area (Å²) in [6, 6.07) is 5.81. The fourth-order valence-electron chi connectivity index (χ4n) is 1.64. The molecule has 0 aromatic heterocycles. The Kier molecular flexibility index (Phi) is 4.44. The minimum Gasteiger partial charge on any atom is -0.490 e. The van der Waals surface area contributed by atoms with Gasteiger partial charge in [-0.2, -0.15) is 0 Å². The van der Waals surface area contributed by atoms with E-state index in [1.807, 2.05) is 0 Å². The van der Waals surface area contributed by atoms with E-state index in [0.29, 0.717) is 5.75 Å². The number of amides is 1. The van der Waals surface area contributed by atoms with Crippen LogP contribution in [-0.4, -0.2) is 22.5 Å². The average Bonchev–Trinajstić information content (AvgIpc) is 2.28. The largest absolute Gasteiger partial charge is 0.490 e. The van der Waals surface area contributed by atoms with E-state index < -0.39 is 22.5 Å². The molecule has 0 saturated heterocycles. The molecule has 0 saturated carbocycles. The third-order valence-electron chi connectivity index (χ3n) is 2.64. The zero-order chi connectivity index (χ0) is 14.6. The van der Waals surface area contributed by atoms with Crippen LogP contribution >= 0.6 is 0 Å². The Morgan fingerprint density at radius 1 is 1.58 bits per heavy atom. The maximum Gasteiger partial charge on any atom is 0.273 e. The van der Waals surface area contributed by atoms with Crippen molar-refractivity contribution in [2.75, 3.05) is 0 Å². The minimum atomic E-state index is -1.18. The molecule has 7 heteroatoms. The van der Waals surface area contributed by atoms with Crippen LogP contribution in [0.25, 0.3) is 0 Å². The van der Waals surface area contributed by atoms with Crippen LogP contribution in [-0.2, 0) is 4.79 Å². The molecule has 4 N–H and O–H groups in total. The molecule has 0 aliphatic rings. The number of hydrogen-bond acceptors (Lipinski definition) is 5. The van der Waals surface area contributed by atoms with Crippen molar-refractivity contribution >= 4 is 11.6 Å². The standard InChI is InChI=1S/C12H17N3O4/c1-8(7-12(2,14)11(13)16)19-10-5-3-4-9(6-10)15(17)18/h3-6,8H,7,14H2,1-2H3,(H2,13,16). The van der Waals surface area contributed by atoms with Crippen LogP contribution in [0.4, 0.5) is 5.69 Å². The Balaban J connectivity index is 2.72. The van der Waals surface area contributed by atoms with Gasteiger partial charge in [0.2, 0.25) is 5.91 Å². The van der Waals surface area contributed by atoms with Gasteiger partial charge in [0, 0.05) is 12.5 Å². The van der Waals surface area contributed by atoms with Crippen LogP contribution in [0, 0.1) is 10.1 Å². The number of carbonyl (C=O) groups is 1. The molecule has 2 atom stereocenters. The third-order valence-corrected chi connectivity index (χ3v) is 2.64. The Hall–Kier alpha value is -2.15. The number of rotatable bonds is 6. The molecule has 0 radical (unpaired) electrons. The van der Waals surface area contributed by atoms with Crippen molar-refractivity contribution in [3.8, 4) is 5.75 Å². The lowest BCUT2D eigenvalue weighted by Crippen LogP contribution is -2.51. The fraction of sp³-hybridized carbons (Fsp3) is 0.417. The summed E-state index contributed by atoms with van der Waals surface area (Å²) in [7, 11) is 0. The highest BCUT2D eigenvalue weighted by molar-refractivity contribution is 5.83. The van der Waals surface area contributed by atoms with Crippen molar-refractivity contribution in [1.82, 2.24) is 0 Å². The normalized spacial score (nSPS) is 15.3. The Labute approximate surface area is 110 Å². The smallest absolute Gasteiger partial charge is 0.273 e. The van der Waals surface area contributed by atoms with Crippen LogP contribution in [0.5, 0.6) is 5.75 Å². The molecule has 104 valence electrons. The molecule has 0 fully saturated rings. The number of nitro benzene ring substituents is 1. The van der Waals surface area contributed by atoms with Crippen LogP contribution < -0.4 is 16.2 Å². The summed E-state index contributed by atoms with van der Waals surface area (Å²) < 4.78 is 5.50. The van der Waals surface area contributed by atoms with Crippen molar-refractivity contribution in [1.29, 1.82) is 0 Å². The van der Waals surface area contributed by atoms with Gasteiger partial charge in [-0.3, -0.25) is 14.9 Å². The van der Waals surface area contributed by atoms with E-state index in [4.69, 9.17) is 16.2 Å². The second-order valence-corrected chi connectivity index (χ2v) is 4.67. The van der Waals surface area contributed by atoms with Gasteiger partial charge in [-0.15, -0.1) is 0 Å². The van der Waals surface area contributed by atoms with Crippen LogP contribution in [0.3, 0.4) is 0 Å². The Bertz CT molecular complexity index is 488. The lowest BCUT2D eigenvalue weighted by atomic mass is 9.95. The first-order valence-electron chi connectivity index (χ1n) is 5.72. The second-order valence-electron chi connectivity index (χ2n) is 4.67. The van der Waals surface area contributed by atoms with E-state index in [2.05, 4.69) is 0 Å². The lowest BCUT2D eigenvalue weighted by Gasteiger charge is -2.25. The van der Waals surface area contributed by atoms with Gasteiger partial charge in [0.1, 0.15) is 5.75 Å². The summed E-state index contributed by atoms with van der Waals surface area (Å²) in [6.07, 6.45) is -0.185. The van der Waals surface area contributed by atoms with Gasteiger partial charge in [0.25, 0.3) is 5.69 Å². The summed E-state index contributed by atoms with van der Waals surface area (Å²) in [4.78, 5) is 21.2. The highest BCUT2D eigenvalue weighted by Gasteiger charge is 2.28. The number of benzene rings is 1. The molecule has 0 heterocycles. The van der Waals surface area contributed by atoms with Gasteiger partial charge in [0.15, 0.2) is 0 Å². The molecule has 2 unspecified atom stereocenters. The quantitative estimate of drug-likeness (QED) is 0.587. The third kappa shape index (κ3) is 4.22. The Morgan fingerprint density at radius 3 is 2.74 bits per heavy atom. The molecular weight excluding hydrogens is 250 g/mol. The highest BCUT2D eigenvalue weighted by atomic mass is 16.6. The first kappa shape index (κ1) is 14.9. The first-order chi connectivity index (χ1) is 8.72. The SMILES string of the molecule is CC(CC(C)(N)C(N)=O)Oc1cccc([N+](=O)[O-])c1. The topological polar surface area (TPSA) is 121 Å². The van der Waals surface area contributed by atoms with Crippen molar-refractivity contribution in [2.24, 2.45) is 11.5 Å². The Morgan fingerprint density at radius 2 is 2.21 bits per heavy atom. The number of ether oxygens (including phenoxy) is 1. The molecule has 1 rings (SSSR count). The summed E-state index contributed by atoms with van der Waals surface area (Å²) >= 11 is 0. The van der Waals surface area contributed by atoms with Gasteiger partial charge in [-0.25, -0.2) is 0 Å². The van der Waals surface area contributed by atoms with Gasteiger partial charge < -0.3 is 16.2 Å². The van der Waals surface area contributed by atoms with Gasteiger partial charge in [-0.1, -0.05) is 6.07 Å². The van der Waals surface area contributed by atoms with E-state index in [-0.39, 0.29) is 12.1 Å². The summed E-state index contributed by atoms with van der Waals surface area (Å²) in [6.45, 7) is 3.23. The minimum absolute atomic E-state index is 0.0601. The highest BCUT2D eigenvalue weighted by Crippen LogP contribution is 2.22. The molecule has 7 nitrogen and oxygen atoms in total. The monoisotopic (exact) mass is 267 g/mol. The number of nitro groups is 1. The average molecular weight is 267 g/mol. The predicted molar refractivity (Wildman–Crippen MR) is 69.6 cm³/mol. The van der Waals surface area contributed by atoms with Crippen LogP contribution in [0.15, 0.2) is 24.3 Å². The van der Waals surface area contributed by atoms with Gasteiger partial charge >= 0.3 is 0 Å². The van der Waals surface area contributed by atoms with Crippen molar-refractivity contribution in [3.05, 3.63) is 34.4 Å². The maximum absolute atomic E-state index is 11.1. The summed E-state index contributed by atoms with van der Waals surface area (Å²) in [5, 5.41) is 10.6. The zero-order valence-electron chi connectivity index (χ0n) is 10.8. The fourth-order valence-corrected chi connectivity index (χ4v) is 1.64. The van der Waals surface area contributed by atoms with E-state index in [1.165, 1.54) is 25.1 Å². The number of non-ortho nitro benzene ring substituents is 1. The van der Waals surface area contributed by atoms with E-state index >= 15 is 0 Å². The van der Waals surface area contributed by atoms with Gasteiger partial charge in [0.05, 0.1) is 22.6 Å². The first-order valence-corrected chi connectivity index (χ1v) is 5.72. The van der Waals surface area contributed by atoms with E-state index in [9.17, 15) is 14.9 Å². The molecule has 19 heavy (non-hydrogen) atoms. The summed E-state index contributed by atoms with van der Waals surface area (Å²) in [5.41, 5.74) is 9.66. The van der Waals surface area contributed by atoms with Crippen molar-refractivity contribution < 1.29 is 14.5 Å². The lowest BCUT2D eigenvalue weighted by molar-refractivity contribution is -0.384. The number of primary amides is 1. The molecule has 0 aliphatic heterocycles. The molecule has 1 aromatic carbocycles. The number of nitrogens with zero attached hydrogens (tertiary/aromatic N) is 1. The second kappa shape index (κ2) is 5.66. The predicted octanol–water partition coefficient (Wildman–Crippen LogP) is 0.955. The van der Waals surface area contributed by atoms with E-state index in [0.717, 1.165) is 0 Å². The maximum atomic E-state index is 11.1.